The Labute approximate surface area is 135 Å². The molecule has 0 fully saturated rings. The molecule has 3 heteroatoms. The molecular formula is C18H21BrO2. The van der Waals surface area contributed by atoms with E-state index in [2.05, 4.69) is 60.1 Å². The maximum Gasteiger partial charge on any atom is 0.161 e. The van der Waals surface area contributed by atoms with Crippen molar-refractivity contribution in [2.75, 3.05) is 14.2 Å². The van der Waals surface area contributed by atoms with E-state index in [4.69, 9.17) is 9.47 Å². The van der Waals surface area contributed by atoms with Gasteiger partial charge in [0.15, 0.2) is 11.5 Å². The van der Waals surface area contributed by atoms with Gasteiger partial charge in [0.25, 0.3) is 0 Å². The van der Waals surface area contributed by atoms with Crippen molar-refractivity contribution in [3.63, 3.8) is 0 Å². The standard InChI is InChI=1S/C18H21BrO2/c1-12-10-16(20-3)17(21-4)11-15(12)18(19)13(2)14-8-6-5-7-9-14/h5-11,13,18H,1-4H3. The first kappa shape index (κ1) is 15.9. The Kier molecular flexibility index (Phi) is 5.29. The topological polar surface area (TPSA) is 18.5 Å². The van der Waals surface area contributed by atoms with Gasteiger partial charge in [0.2, 0.25) is 0 Å². The van der Waals surface area contributed by atoms with Gasteiger partial charge < -0.3 is 9.47 Å². The lowest BCUT2D eigenvalue weighted by atomic mass is 9.91. The van der Waals surface area contributed by atoms with Gasteiger partial charge in [-0.15, -0.1) is 0 Å². The highest BCUT2D eigenvalue weighted by Gasteiger charge is 2.21. The van der Waals surface area contributed by atoms with E-state index in [1.807, 2.05) is 12.1 Å². The lowest BCUT2D eigenvalue weighted by Gasteiger charge is -2.22. The maximum atomic E-state index is 5.42. The molecule has 0 aliphatic heterocycles. The first-order valence-electron chi connectivity index (χ1n) is 7.00. The zero-order chi connectivity index (χ0) is 15.4. The fourth-order valence-corrected chi connectivity index (χ4v) is 3.29. The molecule has 0 saturated heterocycles. The van der Waals surface area contributed by atoms with Gasteiger partial charge in [-0.1, -0.05) is 53.2 Å². The highest BCUT2D eigenvalue weighted by Crippen LogP contribution is 2.42. The molecule has 112 valence electrons. The molecule has 0 bridgehead atoms. The first-order chi connectivity index (χ1) is 10.1. The largest absolute Gasteiger partial charge is 0.493 e. The van der Waals surface area contributed by atoms with E-state index in [1.165, 1.54) is 16.7 Å². The molecular weight excluding hydrogens is 328 g/mol. The number of methoxy groups -OCH3 is 2. The molecule has 0 spiro atoms. The third kappa shape index (κ3) is 3.41. The highest BCUT2D eigenvalue weighted by molar-refractivity contribution is 9.09. The van der Waals surface area contributed by atoms with Gasteiger partial charge in [-0.05, 0) is 41.7 Å². The Morgan fingerprint density at radius 3 is 2.10 bits per heavy atom. The molecule has 0 aromatic heterocycles. The molecule has 0 heterocycles. The summed E-state index contributed by atoms with van der Waals surface area (Å²) in [5, 5.41) is 0. The van der Waals surface area contributed by atoms with E-state index >= 15 is 0 Å². The van der Waals surface area contributed by atoms with Gasteiger partial charge >= 0.3 is 0 Å². The fourth-order valence-electron chi connectivity index (χ4n) is 2.49. The van der Waals surface area contributed by atoms with Crippen molar-refractivity contribution in [3.8, 4) is 11.5 Å². The summed E-state index contributed by atoms with van der Waals surface area (Å²) >= 11 is 3.85. The summed E-state index contributed by atoms with van der Waals surface area (Å²) in [6.07, 6.45) is 0. The van der Waals surface area contributed by atoms with Gasteiger partial charge in [0.05, 0.1) is 14.2 Å². The van der Waals surface area contributed by atoms with E-state index in [0.29, 0.717) is 5.92 Å². The minimum absolute atomic E-state index is 0.222. The predicted octanol–water partition coefficient (Wildman–Crippen LogP) is 5.25. The summed E-state index contributed by atoms with van der Waals surface area (Å²) < 4.78 is 10.8. The van der Waals surface area contributed by atoms with Crippen molar-refractivity contribution >= 4 is 15.9 Å². The van der Waals surface area contributed by atoms with Crippen LogP contribution in [0.4, 0.5) is 0 Å². The van der Waals surface area contributed by atoms with Crippen molar-refractivity contribution in [2.24, 2.45) is 0 Å². The lowest BCUT2D eigenvalue weighted by Crippen LogP contribution is -2.05. The highest BCUT2D eigenvalue weighted by atomic mass is 79.9. The van der Waals surface area contributed by atoms with Crippen LogP contribution in [0, 0.1) is 6.92 Å². The van der Waals surface area contributed by atoms with Crippen molar-refractivity contribution < 1.29 is 9.47 Å². The Balaban J connectivity index is 2.37. The van der Waals surface area contributed by atoms with Crippen LogP contribution in [0.5, 0.6) is 11.5 Å². The van der Waals surface area contributed by atoms with Crippen LogP contribution < -0.4 is 9.47 Å². The Hall–Kier alpha value is -1.48. The number of aryl methyl sites for hydroxylation is 1. The summed E-state index contributed by atoms with van der Waals surface area (Å²) in [5.41, 5.74) is 3.73. The number of benzene rings is 2. The van der Waals surface area contributed by atoms with Crippen LogP contribution in [0.15, 0.2) is 42.5 Å². The van der Waals surface area contributed by atoms with Crippen molar-refractivity contribution in [2.45, 2.75) is 24.6 Å². The molecule has 0 aliphatic carbocycles. The number of alkyl halides is 1. The summed E-state index contributed by atoms with van der Waals surface area (Å²) in [4.78, 5) is 0.222. The molecule has 21 heavy (non-hydrogen) atoms. The van der Waals surface area contributed by atoms with Crippen molar-refractivity contribution in [1.82, 2.24) is 0 Å². The quantitative estimate of drug-likeness (QED) is 0.686. The van der Waals surface area contributed by atoms with Crippen molar-refractivity contribution in [3.05, 3.63) is 59.2 Å². The summed E-state index contributed by atoms with van der Waals surface area (Å²) in [7, 11) is 3.33. The summed E-state index contributed by atoms with van der Waals surface area (Å²) in [6, 6.07) is 14.6. The second kappa shape index (κ2) is 6.99. The third-order valence-corrected chi connectivity index (χ3v) is 5.12. The van der Waals surface area contributed by atoms with Crippen LogP contribution in [-0.2, 0) is 0 Å². The molecule has 2 atom stereocenters. The lowest BCUT2D eigenvalue weighted by molar-refractivity contribution is 0.354. The van der Waals surface area contributed by atoms with E-state index in [0.717, 1.165) is 11.5 Å². The molecule has 0 saturated carbocycles. The molecule has 2 unspecified atom stereocenters. The van der Waals surface area contributed by atoms with Gasteiger partial charge in [-0.2, -0.15) is 0 Å². The molecule has 0 N–H and O–H groups in total. The molecule has 0 radical (unpaired) electrons. The van der Waals surface area contributed by atoms with Crippen LogP contribution in [0.1, 0.15) is 34.4 Å². The fraction of sp³-hybridized carbons (Fsp3) is 0.333. The molecule has 2 aromatic carbocycles. The van der Waals surface area contributed by atoms with Crippen LogP contribution >= 0.6 is 15.9 Å². The third-order valence-electron chi connectivity index (χ3n) is 3.83. The van der Waals surface area contributed by atoms with Gasteiger partial charge in [0.1, 0.15) is 0 Å². The molecule has 0 aliphatic rings. The zero-order valence-electron chi connectivity index (χ0n) is 12.9. The molecule has 2 aromatic rings. The number of ether oxygens (including phenoxy) is 2. The number of hydrogen-bond acceptors (Lipinski definition) is 2. The Morgan fingerprint density at radius 1 is 0.952 bits per heavy atom. The average Bonchev–Trinajstić information content (AvgIpc) is 2.54. The SMILES string of the molecule is COc1cc(C)c(C(Br)C(C)c2ccccc2)cc1OC. The van der Waals surface area contributed by atoms with E-state index < -0.39 is 0 Å². The molecule has 2 nitrogen and oxygen atoms in total. The van der Waals surface area contributed by atoms with E-state index in [9.17, 15) is 0 Å². The smallest absolute Gasteiger partial charge is 0.161 e. The Bertz CT molecular complexity index is 596. The minimum atomic E-state index is 0.222. The second-order valence-electron chi connectivity index (χ2n) is 5.16. The normalized spacial score (nSPS) is 13.6. The molecule has 2 rings (SSSR count). The van der Waals surface area contributed by atoms with E-state index in [1.54, 1.807) is 14.2 Å². The molecule has 0 amide bonds. The van der Waals surface area contributed by atoms with Crippen LogP contribution in [-0.4, -0.2) is 14.2 Å². The van der Waals surface area contributed by atoms with Crippen LogP contribution in [0.3, 0.4) is 0 Å². The number of hydrogen-bond donors (Lipinski definition) is 0. The summed E-state index contributed by atoms with van der Waals surface area (Å²) in [5.74, 6) is 1.90. The second-order valence-corrected chi connectivity index (χ2v) is 6.15. The number of rotatable bonds is 5. The minimum Gasteiger partial charge on any atom is -0.493 e. The van der Waals surface area contributed by atoms with Gasteiger partial charge in [-0.25, -0.2) is 0 Å². The number of halogens is 1. The monoisotopic (exact) mass is 348 g/mol. The van der Waals surface area contributed by atoms with Crippen LogP contribution in [0.25, 0.3) is 0 Å². The van der Waals surface area contributed by atoms with Crippen molar-refractivity contribution in [1.29, 1.82) is 0 Å². The summed E-state index contributed by atoms with van der Waals surface area (Å²) in [6.45, 7) is 4.33. The van der Waals surface area contributed by atoms with Gasteiger partial charge in [0, 0.05) is 4.83 Å². The predicted molar refractivity (Wildman–Crippen MR) is 90.8 cm³/mol. The average molecular weight is 349 g/mol. The Morgan fingerprint density at radius 2 is 1.52 bits per heavy atom. The zero-order valence-corrected chi connectivity index (χ0v) is 14.5. The first-order valence-corrected chi connectivity index (χ1v) is 7.91. The maximum absolute atomic E-state index is 5.42. The van der Waals surface area contributed by atoms with Gasteiger partial charge in [-0.3, -0.25) is 0 Å². The van der Waals surface area contributed by atoms with Crippen LogP contribution in [0.2, 0.25) is 0 Å². The van der Waals surface area contributed by atoms with E-state index in [-0.39, 0.29) is 4.83 Å².